The van der Waals surface area contributed by atoms with E-state index >= 15 is 0 Å². The van der Waals surface area contributed by atoms with Gasteiger partial charge in [-0.15, -0.1) is 23.1 Å². The average Bonchev–Trinajstić information content (AvgIpc) is 2.97. The lowest BCUT2D eigenvalue weighted by Gasteiger charge is -2.17. The molecule has 27 heavy (non-hydrogen) atoms. The minimum absolute atomic E-state index is 0.161. The van der Waals surface area contributed by atoms with Crippen LogP contribution >= 0.6 is 46.9 Å². The van der Waals surface area contributed by atoms with Crippen molar-refractivity contribution in [2.75, 3.05) is 11.6 Å². The highest BCUT2D eigenvalue weighted by atomic mass is 35.5. The second kappa shape index (κ2) is 8.61. The number of benzene rings is 1. The lowest BCUT2D eigenvalue weighted by atomic mass is 9.89. The highest BCUT2D eigenvalue weighted by molar-refractivity contribution is 7.98. The number of nitrogens with zero attached hydrogens (tertiary/aromatic N) is 1. The summed E-state index contributed by atoms with van der Waals surface area (Å²) in [6, 6.07) is 7.57. The maximum atomic E-state index is 12.5. The number of fused-ring (bicyclic) bond motifs is 1. The van der Waals surface area contributed by atoms with Crippen molar-refractivity contribution >= 4 is 62.9 Å². The summed E-state index contributed by atoms with van der Waals surface area (Å²) < 4.78 is 0. The number of thioether (sulfide) groups is 1. The van der Waals surface area contributed by atoms with Crippen molar-refractivity contribution in [2.24, 2.45) is 5.92 Å². The van der Waals surface area contributed by atoms with Gasteiger partial charge < -0.3 is 5.32 Å². The number of carbonyl (C=O) groups excluding carboxylic acids is 1. The SMILES string of the molecule is CSc1ccc(Cl)c(C(=O)NC(=S)Nc2sc3c(c2C#N)CCC(C)C3)c1. The summed E-state index contributed by atoms with van der Waals surface area (Å²) in [5.74, 6) is 0.245. The Bertz CT molecular complexity index is 948. The topological polar surface area (TPSA) is 64.9 Å². The van der Waals surface area contributed by atoms with Crippen molar-refractivity contribution in [2.45, 2.75) is 31.1 Å². The van der Waals surface area contributed by atoms with Crippen LogP contribution in [0.3, 0.4) is 0 Å². The summed E-state index contributed by atoms with van der Waals surface area (Å²) in [6.07, 6.45) is 4.91. The highest BCUT2D eigenvalue weighted by Crippen LogP contribution is 2.39. The molecule has 8 heteroatoms. The van der Waals surface area contributed by atoms with Crippen molar-refractivity contribution in [3.63, 3.8) is 0 Å². The number of anilines is 1. The Labute approximate surface area is 177 Å². The molecule has 1 atom stereocenters. The molecular formula is C19H18ClN3OS3. The van der Waals surface area contributed by atoms with E-state index in [1.807, 2.05) is 12.3 Å². The fourth-order valence-electron chi connectivity index (χ4n) is 3.07. The monoisotopic (exact) mass is 435 g/mol. The summed E-state index contributed by atoms with van der Waals surface area (Å²) >= 11 is 14.5. The zero-order valence-corrected chi connectivity index (χ0v) is 18.1. The molecular weight excluding hydrogens is 418 g/mol. The van der Waals surface area contributed by atoms with Crippen molar-refractivity contribution in [1.82, 2.24) is 5.32 Å². The Morgan fingerprint density at radius 3 is 2.96 bits per heavy atom. The normalized spacial score (nSPS) is 15.6. The van der Waals surface area contributed by atoms with Crippen LogP contribution in [0.15, 0.2) is 23.1 Å². The quantitative estimate of drug-likeness (QED) is 0.509. The van der Waals surface area contributed by atoms with Crippen LogP contribution < -0.4 is 10.6 Å². The van der Waals surface area contributed by atoms with Gasteiger partial charge in [-0.3, -0.25) is 10.1 Å². The number of rotatable bonds is 3. The Morgan fingerprint density at radius 1 is 1.48 bits per heavy atom. The van der Waals surface area contributed by atoms with Gasteiger partial charge in [0.2, 0.25) is 0 Å². The van der Waals surface area contributed by atoms with Crippen LogP contribution in [0, 0.1) is 17.2 Å². The van der Waals surface area contributed by atoms with Crippen LogP contribution in [0.5, 0.6) is 0 Å². The maximum absolute atomic E-state index is 12.5. The van der Waals surface area contributed by atoms with Crippen molar-refractivity contribution in [1.29, 1.82) is 5.26 Å². The van der Waals surface area contributed by atoms with Crippen LogP contribution in [0.1, 0.15) is 39.7 Å². The number of thiophene rings is 1. The molecule has 0 saturated heterocycles. The van der Waals surface area contributed by atoms with E-state index in [4.69, 9.17) is 23.8 Å². The van der Waals surface area contributed by atoms with Crippen LogP contribution in [0.4, 0.5) is 5.00 Å². The standard InChI is InChI=1S/C19H18ClN3OS3/c1-10-3-5-12-14(9-21)18(27-16(12)7-10)23-19(25)22-17(24)13-8-11(26-2)4-6-15(13)20/h4,6,8,10H,3,5,7H2,1-2H3,(H2,22,23,24,25). The molecule has 4 nitrogen and oxygen atoms in total. The van der Waals surface area contributed by atoms with Gasteiger partial charge in [-0.1, -0.05) is 18.5 Å². The van der Waals surface area contributed by atoms with E-state index in [0.29, 0.717) is 27.1 Å². The van der Waals surface area contributed by atoms with E-state index in [9.17, 15) is 10.1 Å². The molecule has 0 saturated carbocycles. The number of thiocarbonyl (C=S) groups is 1. The molecule has 1 amide bonds. The molecule has 1 aliphatic carbocycles. The van der Waals surface area contributed by atoms with Gasteiger partial charge >= 0.3 is 0 Å². The molecule has 1 unspecified atom stereocenters. The Balaban J connectivity index is 1.75. The van der Waals surface area contributed by atoms with Crippen LogP contribution in [-0.4, -0.2) is 17.3 Å². The average molecular weight is 436 g/mol. The minimum atomic E-state index is -0.373. The second-order valence-electron chi connectivity index (χ2n) is 6.42. The van der Waals surface area contributed by atoms with Crippen LogP contribution in [0.2, 0.25) is 5.02 Å². The number of nitrogens with one attached hydrogen (secondary N) is 2. The van der Waals surface area contributed by atoms with E-state index in [1.165, 1.54) is 16.6 Å². The molecule has 0 radical (unpaired) electrons. The molecule has 1 aromatic heterocycles. The zero-order valence-electron chi connectivity index (χ0n) is 14.9. The van der Waals surface area contributed by atoms with Crippen molar-refractivity contribution in [3.05, 3.63) is 44.8 Å². The Morgan fingerprint density at radius 2 is 2.26 bits per heavy atom. The molecule has 2 aromatic rings. The summed E-state index contributed by atoms with van der Waals surface area (Å²) in [6.45, 7) is 2.22. The number of carbonyl (C=O) groups is 1. The zero-order chi connectivity index (χ0) is 19.6. The fraction of sp³-hybridized carbons (Fsp3) is 0.316. The van der Waals surface area contributed by atoms with E-state index in [0.717, 1.165) is 29.7 Å². The van der Waals surface area contributed by atoms with Crippen molar-refractivity contribution < 1.29 is 4.79 Å². The van der Waals surface area contributed by atoms with Gasteiger partial charge in [-0.2, -0.15) is 5.26 Å². The third-order valence-corrected chi connectivity index (χ3v) is 6.92. The van der Waals surface area contributed by atoms with E-state index in [-0.39, 0.29) is 11.0 Å². The first-order valence-corrected chi connectivity index (χ1v) is 11.3. The molecule has 0 bridgehead atoms. The minimum Gasteiger partial charge on any atom is -0.323 e. The van der Waals surface area contributed by atoms with Gasteiger partial charge in [0, 0.05) is 9.77 Å². The summed E-state index contributed by atoms with van der Waals surface area (Å²) in [5.41, 5.74) is 2.13. The maximum Gasteiger partial charge on any atom is 0.258 e. The number of nitriles is 1. The van der Waals surface area contributed by atoms with Crippen LogP contribution in [0.25, 0.3) is 0 Å². The van der Waals surface area contributed by atoms with Crippen LogP contribution in [-0.2, 0) is 12.8 Å². The first-order chi connectivity index (χ1) is 12.9. The lowest BCUT2D eigenvalue weighted by molar-refractivity contribution is 0.0977. The smallest absolute Gasteiger partial charge is 0.258 e. The largest absolute Gasteiger partial charge is 0.323 e. The molecule has 1 aromatic carbocycles. The third-order valence-electron chi connectivity index (χ3n) is 4.50. The van der Waals surface area contributed by atoms with E-state index in [2.05, 4.69) is 23.6 Å². The molecule has 1 aliphatic rings. The third kappa shape index (κ3) is 4.46. The summed E-state index contributed by atoms with van der Waals surface area (Å²) in [7, 11) is 0. The first-order valence-electron chi connectivity index (χ1n) is 8.43. The van der Waals surface area contributed by atoms with Gasteiger partial charge in [-0.05, 0) is 67.4 Å². The number of hydrogen-bond donors (Lipinski definition) is 2. The predicted octanol–water partition coefficient (Wildman–Crippen LogP) is 5.25. The van der Waals surface area contributed by atoms with E-state index in [1.54, 1.807) is 23.5 Å². The van der Waals surface area contributed by atoms with Gasteiger partial charge in [0.25, 0.3) is 5.91 Å². The number of halogens is 1. The Hall–Kier alpha value is -1.59. The second-order valence-corrected chi connectivity index (χ2v) is 9.22. The molecule has 140 valence electrons. The summed E-state index contributed by atoms with van der Waals surface area (Å²) in [5, 5.41) is 16.5. The van der Waals surface area contributed by atoms with Gasteiger partial charge in [-0.25, -0.2) is 0 Å². The van der Waals surface area contributed by atoms with Gasteiger partial charge in [0.05, 0.1) is 16.1 Å². The lowest BCUT2D eigenvalue weighted by Crippen LogP contribution is -2.34. The Kier molecular flexibility index (Phi) is 6.43. The predicted molar refractivity (Wildman–Crippen MR) is 117 cm³/mol. The molecule has 0 fully saturated rings. The summed E-state index contributed by atoms with van der Waals surface area (Å²) in [4.78, 5) is 14.7. The van der Waals surface area contributed by atoms with Gasteiger partial charge in [0.15, 0.2) is 5.11 Å². The van der Waals surface area contributed by atoms with E-state index < -0.39 is 0 Å². The highest BCUT2D eigenvalue weighted by Gasteiger charge is 2.24. The number of hydrogen-bond acceptors (Lipinski definition) is 5. The number of amides is 1. The van der Waals surface area contributed by atoms with Gasteiger partial charge in [0.1, 0.15) is 11.1 Å². The molecule has 2 N–H and O–H groups in total. The first kappa shape index (κ1) is 20.2. The molecule has 0 spiro atoms. The molecule has 3 rings (SSSR count). The van der Waals surface area contributed by atoms with Crippen molar-refractivity contribution in [3.8, 4) is 6.07 Å². The molecule has 1 heterocycles. The molecule has 0 aliphatic heterocycles. The fourth-order valence-corrected chi connectivity index (χ4v) is 5.34.